The highest BCUT2D eigenvalue weighted by Gasteiger charge is 2.24. The number of benzene rings is 1. The number of aliphatic imine (C=N–C) groups is 1. The molecular weight excluding hydrogens is 374 g/mol. The molecule has 0 atom stereocenters. The standard InChI is InChI=1S/C17H15N3O4S2/c1-2-24-14(22)8-11-9-25-16(18-11)20-17-19-15(23)13(26-17)7-10-3-5-12(21)6-4-10/h3-7,9,21H,2,8H2,1H3,(H,18,19,20,23)/b13-7-. The number of amides is 1. The van der Waals surface area contributed by atoms with E-state index in [1.165, 1.54) is 23.1 Å². The number of aromatic nitrogens is 1. The molecule has 1 amide bonds. The summed E-state index contributed by atoms with van der Waals surface area (Å²) in [6, 6.07) is 6.54. The van der Waals surface area contributed by atoms with E-state index in [0.717, 1.165) is 5.56 Å². The average molecular weight is 389 g/mol. The van der Waals surface area contributed by atoms with Gasteiger partial charge in [-0.1, -0.05) is 12.1 Å². The number of thiazole rings is 1. The second kappa shape index (κ2) is 8.15. The van der Waals surface area contributed by atoms with Crippen LogP contribution in [0.2, 0.25) is 0 Å². The quantitative estimate of drug-likeness (QED) is 0.602. The minimum absolute atomic E-state index is 0.0979. The first-order valence-corrected chi connectivity index (χ1v) is 9.41. The molecule has 3 rings (SSSR count). The number of amidine groups is 1. The maximum Gasteiger partial charge on any atom is 0.311 e. The molecule has 0 saturated carbocycles. The largest absolute Gasteiger partial charge is 0.508 e. The molecule has 1 aromatic heterocycles. The van der Waals surface area contributed by atoms with Crippen LogP contribution in [0.3, 0.4) is 0 Å². The topological polar surface area (TPSA) is 101 Å². The number of phenols is 1. The Morgan fingerprint density at radius 3 is 2.88 bits per heavy atom. The van der Waals surface area contributed by atoms with Crippen molar-refractivity contribution in [2.75, 3.05) is 6.61 Å². The van der Waals surface area contributed by atoms with Crippen LogP contribution in [0.25, 0.3) is 6.08 Å². The lowest BCUT2D eigenvalue weighted by Crippen LogP contribution is -2.19. The summed E-state index contributed by atoms with van der Waals surface area (Å²) in [5.74, 6) is -0.412. The van der Waals surface area contributed by atoms with Gasteiger partial charge in [0.2, 0.25) is 5.13 Å². The molecule has 26 heavy (non-hydrogen) atoms. The van der Waals surface area contributed by atoms with Gasteiger partial charge < -0.3 is 15.2 Å². The second-order valence-corrected chi connectivity index (χ2v) is 7.04. The third-order valence-electron chi connectivity index (χ3n) is 3.21. The Balaban J connectivity index is 1.69. The number of ether oxygens (including phenoxy) is 1. The number of thioether (sulfide) groups is 1. The van der Waals surface area contributed by atoms with Crippen LogP contribution in [0, 0.1) is 0 Å². The van der Waals surface area contributed by atoms with Gasteiger partial charge in [-0.15, -0.1) is 11.3 Å². The fourth-order valence-corrected chi connectivity index (χ4v) is 3.65. The highest BCUT2D eigenvalue weighted by Crippen LogP contribution is 2.29. The smallest absolute Gasteiger partial charge is 0.311 e. The molecule has 1 aliphatic heterocycles. The zero-order valence-electron chi connectivity index (χ0n) is 13.8. The second-order valence-electron chi connectivity index (χ2n) is 5.18. The maximum absolute atomic E-state index is 12.1. The van der Waals surface area contributed by atoms with E-state index < -0.39 is 0 Å². The van der Waals surface area contributed by atoms with Gasteiger partial charge in [-0.05, 0) is 42.5 Å². The van der Waals surface area contributed by atoms with Gasteiger partial charge in [0.25, 0.3) is 5.91 Å². The highest BCUT2D eigenvalue weighted by atomic mass is 32.2. The van der Waals surface area contributed by atoms with E-state index in [2.05, 4.69) is 15.3 Å². The van der Waals surface area contributed by atoms with Crippen molar-refractivity contribution in [1.82, 2.24) is 10.3 Å². The van der Waals surface area contributed by atoms with Crippen LogP contribution in [0.15, 0.2) is 39.5 Å². The number of esters is 1. The van der Waals surface area contributed by atoms with Crippen LogP contribution < -0.4 is 5.32 Å². The molecule has 1 fully saturated rings. The Labute approximate surface area is 157 Å². The van der Waals surface area contributed by atoms with Crippen LogP contribution in [-0.2, 0) is 20.7 Å². The molecule has 2 heterocycles. The maximum atomic E-state index is 12.1. The Morgan fingerprint density at radius 1 is 1.38 bits per heavy atom. The zero-order chi connectivity index (χ0) is 18.5. The lowest BCUT2D eigenvalue weighted by atomic mass is 10.2. The minimum atomic E-state index is -0.334. The lowest BCUT2D eigenvalue weighted by Gasteiger charge is -1.97. The monoisotopic (exact) mass is 389 g/mol. The van der Waals surface area contributed by atoms with E-state index in [4.69, 9.17) is 4.74 Å². The van der Waals surface area contributed by atoms with Crippen molar-refractivity contribution < 1.29 is 19.4 Å². The molecule has 0 aliphatic carbocycles. The molecule has 0 bridgehead atoms. The molecule has 9 heteroatoms. The molecule has 134 valence electrons. The molecule has 2 aromatic rings. The van der Waals surface area contributed by atoms with Crippen molar-refractivity contribution in [2.45, 2.75) is 13.3 Å². The first-order chi connectivity index (χ1) is 12.5. The van der Waals surface area contributed by atoms with Crippen molar-refractivity contribution in [3.05, 3.63) is 45.8 Å². The van der Waals surface area contributed by atoms with Gasteiger partial charge in [0.15, 0.2) is 5.17 Å². The van der Waals surface area contributed by atoms with Crippen molar-refractivity contribution in [3.63, 3.8) is 0 Å². The molecular formula is C17H15N3O4S2. The number of aromatic hydroxyl groups is 1. The third kappa shape index (κ3) is 4.70. The Morgan fingerprint density at radius 2 is 2.15 bits per heavy atom. The number of phenolic OH excluding ortho intramolecular Hbond substituents is 1. The predicted molar refractivity (Wildman–Crippen MR) is 101 cm³/mol. The number of carbonyl (C=O) groups is 2. The van der Waals surface area contributed by atoms with Gasteiger partial charge in [0.1, 0.15) is 5.75 Å². The molecule has 0 unspecified atom stereocenters. The summed E-state index contributed by atoms with van der Waals surface area (Å²) in [5.41, 5.74) is 1.38. The van der Waals surface area contributed by atoms with E-state index in [0.29, 0.717) is 27.5 Å². The van der Waals surface area contributed by atoms with E-state index >= 15 is 0 Å². The highest BCUT2D eigenvalue weighted by molar-refractivity contribution is 8.18. The van der Waals surface area contributed by atoms with Gasteiger partial charge in [-0.2, -0.15) is 4.99 Å². The van der Waals surface area contributed by atoms with Crippen LogP contribution in [0.5, 0.6) is 5.75 Å². The third-order valence-corrected chi connectivity index (χ3v) is 4.90. The van der Waals surface area contributed by atoms with Gasteiger partial charge >= 0.3 is 5.97 Å². The number of carbonyl (C=O) groups excluding carboxylic acids is 2. The Kier molecular flexibility index (Phi) is 5.69. The number of hydrogen-bond acceptors (Lipinski definition) is 8. The summed E-state index contributed by atoms with van der Waals surface area (Å²) in [4.78, 5) is 32.6. The summed E-state index contributed by atoms with van der Waals surface area (Å²) < 4.78 is 4.89. The van der Waals surface area contributed by atoms with Crippen LogP contribution in [-0.4, -0.2) is 33.7 Å². The zero-order valence-corrected chi connectivity index (χ0v) is 15.4. The normalized spacial score (nSPS) is 16.9. The summed E-state index contributed by atoms with van der Waals surface area (Å²) >= 11 is 2.49. The molecule has 0 radical (unpaired) electrons. The Bertz CT molecular complexity index is 888. The first-order valence-electron chi connectivity index (χ1n) is 7.72. The van der Waals surface area contributed by atoms with Crippen LogP contribution in [0.1, 0.15) is 18.2 Å². The van der Waals surface area contributed by atoms with Crippen molar-refractivity contribution in [2.24, 2.45) is 4.99 Å². The van der Waals surface area contributed by atoms with Gasteiger partial charge in [0.05, 0.1) is 23.6 Å². The van der Waals surface area contributed by atoms with Crippen LogP contribution >= 0.6 is 23.1 Å². The lowest BCUT2D eigenvalue weighted by molar-refractivity contribution is -0.142. The van der Waals surface area contributed by atoms with Crippen molar-refractivity contribution in [1.29, 1.82) is 0 Å². The van der Waals surface area contributed by atoms with E-state index in [9.17, 15) is 14.7 Å². The number of rotatable bonds is 5. The summed E-state index contributed by atoms with van der Waals surface area (Å²) in [7, 11) is 0. The molecule has 1 aromatic carbocycles. The fraction of sp³-hybridized carbons (Fsp3) is 0.176. The summed E-state index contributed by atoms with van der Waals surface area (Å²) in [6.07, 6.45) is 1.82. The molecule has 0 spiro atoms. The molecule has 1 saturated heterocycles. The average Bonchev–Trinajstić information content (AvgIpc) is 3.17. The summed E-state index contributed by atoms with van der Waals surface area (Å²) in [6.45, 7) is 2.08. The molecule has 7 nitrogen and oxygen atoms in total. The molecule has 1 aliphatic rings. The van der Waals surface area contributed by atoms with E-state index in [1.54, 1.807) is 42.6 Å². The van der Waals surface area contributed by atoms with E-state index in [1.807, 2.05) is 0 Å². The minimum Gasteiger partial charge on any atom is -0.508 e. The SMILES string of the molecule is CCOC(=O)Cc1csc(N=C2NC(=O)/C(=C/c3ccc(O)cc3)S2)n1. The first kappa shape index (κ1) is 18.2. The number of hydrogen-bond donors (Lipinski definition) is 2. The fourth-order valence-electron chi connectivity index (χ4n) is 2.08. The van der Waals surface area contributed by atoms with Gasteiger partial charge in [-0.3, -0.25) is 9.59 Å². The van der Waals surface area contributed by atoms with E-state index in [-0.39, 0.29) is 24.0 Å². The Hall–Kier alpha value is -2.65. The van der Waals surface area contributed by atoms with Crippen molar-refractivity contribution in [3.8, 4) is 5.75 Å². The number of nitrogens with zero attached hydrogens (tertiary/aromatic N) is 2. The van der Waals surface area contributed by atoms with Crippen molar-refractivity contribution >= 4 is 51.4 Å². The number of nitrogens with one attached hydrogen (secondary N) is 1. The predicted octanol–water partition coefficient (Wildman–Crippen LogP) is 2.85. The van der Waals surface area contributed by atoms with Gasteiger partial charge in [0, 0.05) is 5.38 Å². The molecule has 2 N–H and O–H groups in total. The summed E-state index contributed by atoms with van der Waals surface area (Å²) in [5, 5.41) is 14.6. The van der Waals surface area contributed by atoms with Gasteiger partial charge in [-0.25, -0.2) is 4.98 Å². The van der Waals surface area contributed by atoms with Crippen LogP contribution in [0.4, 0.5) is 5.13 Å².